The van der Waals surface area contributed by atoms with E-state index in [-0.39, 0.29) is 11.9 Å². The summed E-state index contributed by atoms with van der Waals surface area (Å²) in [7, 11) is 0. The van der Waals surface area contributed by atoms with Gasteiger partial charge < -0.3 is 9.80 Å². The molecule has 152 valence electrons. The Balaban J connectivity index is 1.47. The van der Waals surface area contributed by atoms with Crippen molar-refractivity contribution >= 4 is 11.8 Å². The molecule has 2 heterocycles. The van der Waals surface area contributed by atoms with Crippen LogP contribution in [0.3, 0.4) is 0 Å². The number of fused-ring (bicyclic) bond motifs is 1. The number of piperazine rings is 1. The van der Waals surface area contributed by atoms with E-state index in [2.05, 4.69) is 34.1 Å². The van der Waals surface area contributed by atoms with E-state index in [1.54, 1.807) is 0 Å². The molecular weight excluding hydrogens is 350 g/mol. The molecular formula is C23H33N3O2. The van der Waals surface area contributed by atoms with Gasteiger partial charge in [0.1, 0.15) is 0 Å². The summed E-state index contributed by atoms with van der Waals surface area (Å²) in [4.78, 5) is 32.1. The minimum atomic E-state index is -0.00774. The van der Waals surface area contributed by atoms with Crippen LogP contribution in [0.25, 0.3) is 0 Å². The molecule has 1 saturated carbocycles. The molecule has 5 nitrogen and oxygen atoms in total. The number of rotatable bonds is 4. The van der Waals surface area contributed by atoms with Crippen LogP contribution in [0.15, 0.2) is 24.3 Å². The topological polar surface area (TPSA) is 43.9 Å². The van der Waals surface area contributed by atoms with E-state index in [1.807, 2.05) is 11.8 Å². The Morgan fingerprint density at radius 3 is 2.32 bits per heavy atom. The second kappa shape index (κ2) is 8.64. The predicted octanol–water partition coefficient (Wildman–Crippen LogP) is 2.68. The Labute approximate surface area is 168 Å². The van der Waals surface area contributed by atoms with Gasteiger partial charge in [0, 0.05) is 45.7 Å². The minimum Gasteiger partial charge on any atom is -0.340 e. The number of carbonyl (C=O) groups excluding carboxylic acids is 2. The molecule has 1 saturated heterocycles. The van der Waals surface area contributed by atoms with E-state index in [0.717, 1.165) is 58.5 Å². The first-order valence-corrected chi connectivity index (χ1v) is 11.0. The van der Waals surface area contributed by atoms with E-state index in [9.17, 15) is 9.59 Å². The molecule has 3 aliphatic rings. The highest BCUT2D eigenvalue weighted by molar-refractivity contribution is 5.83. The summed E-state index contributed by atoms with van der Waals surface area (Å²) in [5, 5.41) is 0. The quantitative estimate of drug-likeness (QED) is 0.803. The lowest BCUT2D eigenvalue weighted by molar-refractivity contribution is -0.142. The van der Waals surface area contributed by atoms with E-state index in [4.69, 9.17) is 0 Å². The molecule has 0 N–H and O–H groups in total. The second-order valence-corrected chi connectivity index (χ2v) is 8.54. The maximum Gasteiger partial charge on any atom is 0.240 e. The third kappa shape index (κ3) is 3.95. The van der Waals surface area contributed by atoms with Crippen molar-refractivity contribution in [1.29, 1.82) is 0 Å². The normalized spacial score (nSPS) is 22.2. The van der Waals surface area contributed by atoms with E-state index in [0.29, 0.717) is 18.2 Å². The van der Waals surface area contributed by atoms with Gasteiger partial charge in [0.05, 0.1) is 6.04 Å². The maximum atomic E-state index is 13.7. The Bertz CT molecular complexity index is 706. The van der Waals surface area contributed by atoms with Gasteiger partial charge in [-0.25, -0.2) is 0 Å². The first-order valence-electron chi connectivity index (χ1n) is 11.0. The number of hydrogen-bond donors (Lipinski definition) is 0. The standard InChI is InChI=1S/C23H33N3O2/c1-2-21(27)24-13-15-25(16-14-24)22(19-8-4-5-9-19)23(28)26-12-11-18-7-3-6-10-20(18)17-26/h3,6-7,10,19,22H,2,4-5,8-9,11-17H2,1H3/t22-/m0/s1. The molecule has 0 bridgehead atoms. The van der Waals surface area contributed by atoms with Crippen LogP contribution in [0.4, 0.5) is 0 Å². The molecule has 1 atom stereocenters. The van der Waals surface area contributed by atoms with E-state index < -0.39 is 0 Å². The highest BCUT2D eigenvalue weighted by atomic mass is 16.2. The lowest BCUT2D eigenvalue weighted by Crippen LogP contribution is -2.58. The van der Waals surface area contributed by atoms with E-state index in [1.165, 1.54) is 24.0 Å². The smallest absolute Gasteiger partial charge is 0.240 e. The van der Waals surface area contributed by atoms with Crippen molar-refractivity contribution in [3.8, 4) is 0 Å². The summed E-state index contributed by atoms with van der Waals surface area (Å²) in [6.45, 7) is 6.65. The summed E-state index contributed by atoms with van der Waals surface area (Å²) >= 11 is 0. The lowest BCUT2D eigenvalue weighted by atomic mass is 9.92. The fourth-order valence-corrected chi connectivity index (χ4v) is 5.27. The van der Waals surface area contributed by atoms with Crippen LogP contribution in [0.1, 0.15) is 50.2 Å². The van der Waals surface area contributed by atoms with Crippen LogP contribution in [0.5, 0.6) is 0 Å². The van der Waals surface area contributed by atoms with Gasteiger partial charge in [-0.3, -0.25) is 14.5 Å². The third-order valence-electron chi connectivity index (χ3n) is 6.90. The molecule has 0 radical (unpaired) electrons. The number of hydrogen-bond acceptors (Lipinski definition) is 3. The Hall–Kier alpha value is -1.88. The van der Waals surface area contributed by atoms with Crippen molar-refractivity contribution in [3.05, 3.63) is 35.4 Å². The maximum absolute atomic E-state index is 13.7. The average Bonchev–Trinajstić information content (AvgIpc) is 3.27. The van der Waals surface area contributed by atoms with Crippen molar-refractivity contribution in [1.82, 2.24) is 14.7 Å². The molecule has 0 aromatic heterocycles. The summed E-state index contributed by atoms with van der Waals surface area (Å²) in [6.07, 6.45) is 6.33. The van der Waals surface area contributed by atoms with Crippen molar-refractivity contribution in [2.75, 3.05) is 32.7 Å². The first kappa shape index (κ1) is 19.4. The van der Waals surface area contributed by atoms with Gasteiger partial charge in [0.25, 0.3) is 0 Å². The largest absolute Gasteiger partial charge is 0.340 e. The third-order valence-corrected chi connectivity index (χ3v) is 6.90. The number of amides is 2. The van der Waals surface area contributed by atoms with Crippen LogP contribution in [-0.4, -0.2) is 65.3 Å². The Morgan fingerprint density at radius 2 is 1.64 bits per heavy atom. The SMILES string of the molecule is CCC(=O)N1CCN([C@H](C(=O)N2CCc3ccccc3C2)C2CCCC2)CC1. The zero-order valence-electron chi connectivity index (χ0n) is 17.1. The average molecular weight is 384 g/mol. The minimum absolute atomic E-state index is 0.00774. The molecule has 4 rings (SSSR count). The summed E-state index contributed by atoms with van der Waals surface area (Å²) < 4.78 is 0. The number of carbonyl (C=O) groups is 2. The molecule has 2 aliphatic heterocycles. The monoisotopic (exact) mass is 383 g/mol. The molecule has 0 unspecified atom stereocenters. The predicted molar refractivity (Wildman–Crippen MR) is 110 cm³/mol. The van der Waals surface area contributed by atoms with Gasteiger partial charge >= 0.3 is 0 Å². The molecule has 2 fully saturated rings. The van der Waals surface area contributed by atoms with Crippen LogP contribution < -0.4 is 0 Å². The van der Waals surface area contributed by atoms with Crippen molar-refractivity contribution < 1.29 is 9.59 Å². The molecule has 5 heteroatoms. The second-order valence-electron chi connectivity index (χ2n) is 8.54. The number of nitrogens with zero attached hydrogens (tertiary/aromatic N) is 3. The Morgan fingerprint density at radius 1 is 0.964 bits per heavy atom. The highest BCUT2D eigenvalue weighted by Gasteiger charge is 2.39. The number of benzene rings is 1. The van der Waals surface area contributed by atoms with Gasteiger partial charge in [-0.1, -0.05) is 44.0 Å². The molecule has 1 aromatic carbocycles. The molecule has 28 heavy (non-hydrogen) atoms. The highest BCUT2D eigenvalue weighted by Crippen LogP contribution is 2.33. The summed E-state index contributed by atoms with van der Waals surface area (Å²) in [5.74, 6) is 1.02. The summed E-state index contributed by atoms with van der Waals surface area (Å²) in [6, 6.07) is 8.51. The zero-order valence-corrected chi connectivity index (χ0v) is 17.1. The van der Waals surface area contributed by atoms with Crippen LogP contribution in [-0.2, 0) is 22.6 Å². The van der Waals surface area contributed by atoms with Crippen molar-refractivity contribution in [2.24, 2.45) is 5.92 Å². The van der Waals surface area contributed by atoms with Gasteiger partial charge in [-0.05, 0) is 36.3 Å². The molecule has 1 aliphatic carbocycles. The van der Waals surface area contributed by atoms with Crippen molar-refractivity contribution in [3.63, 3.8) is 0 Å². The molecule has 0 spiro atoms. The lowest BCUT2D eigenvalue weighted by Gasteiger charge is -2.43. The fourth-order valence-electron chi connectivity index (χ4n) is 5.27. The van der Waals surface area contributed by atoms with Crippen LogP contribution in [0.2, 0.25) is 0 Å². The first-order chi connectivity index (χ1) is 13.7. The fraction of sp³-hybridized carbons (Fsp3) is 0.652. The van der Waals surface area contributed by atoms with Crippen LogP contribution in [0, 0.1) is 5.92 Å². The zero-order chi connectivity index (χ0) is 19.5. The summed E-state index contributed by atoms with van der Waals surface area (Å²) in [5.41, 5.74) is 2.68. The van der Waals surface area contributed by atoms with Gasteiger partial charge in [-0.15, -0.1) is 0 Å². The van der Waals surface area contributed by atoms with Crippen molar-refractivity contribution in [2.45, 2.75) is 58.0 Å². The van der Waals surface area contributed by atoms with Crippen LogP contribution >= 0.6 is 0 Å². The van der Waals surface area contributed by atoms with Gasteiger partial charge in [-0.2, -0.15) is 0 Å². The van der Waals surface area contributed by atoms with E-state index >= 15 is 0 Å². The Kier molecular flexibility index (Phi) is 6.00. The van der Waals surface area contributed by atoms with Gasteiger partial charge in [0.2, 0.25) is 11.8 Å². The molecule has 1 aromatic rings. The van der Waals surface area contributed by atoms with Gasteiger partial charge in [0.15, 0.2) is 0 Å². The molecule has 2 amide bonds.